The van der Waals surface area contributed by atoms with E-state index in [0.29, 0.717) is 13.2 Å². The Morgan fingerprint density at radius 3 is 2.37 bits per heavy atom. The fourth-order valence-electron chi connectivity index (χ4n) is 6.67. The minimum atomic E-state index is -0.373. The van der Waals surface area contributed by atoms with Gasteiger partial charge in [-0.1, -0.05) is 12.1 Å². The zero-order valence-electron chi connectivity index (χ0n) is 28.2. The van der Waals surface area contributed by atoms with Crippen molar-refractivity contribution >= 4 is 22.9 Å². The molecule has 4 aromatic heterocycles. The highest BCUT2D eigenvalue weighted by atomic mass is 16.5. The van der Waals surface area contributed by atoms with Crippen LogP contribution in [0.5, 0.6) is 11.5 Å². The number of likely N-dealkylation sites (N-methyl/N-ethyl adjacent to an activating group) is 1. The van der Waals surface area contributed by atoms with Gasteiger partial charge in [0.2, 0.25) is 0 Å². The van der Waals surface area contributed by atoms with Gasteiger partial charge in [-0.25, -0.2) is 19.0 Å². The van der Waals surface area contributed by atoms with E-state index in [1.54, 1.807) is 0 Å². The van der Waals surface area contributed by atoms with Crippen LogP contribution in [-0.2, 0) is 0 Å². The molecular weight excluding hydrogens is 616 g/mol. The third-order valence-corrected chi connectivity index (χ3v) is 9.13. The summed E-state index contributed by atoms with van der Waals surface area (Å²) in [6.07, 6.45) is 7.24. The molecule has 2 aromatic carbocycles. The zero-order valence-corrected chi connectivity index (χ0v) is 28.2. The van der Waals surface area contributed by atoms with Crippen molar-refractivity contribution in [3.8, 4) is 33.8 Å². The van der Waals surface area contributed by atoms with Gasteiger partial charge in [-0.2, -0.15) is 10.2 Å². The molecule has 8 bridgehead atoms. The number of ether oxygens (including phenoxy) is 2. The van der Waals surface area contributed by atoms with Crippen LogP contribution in [-0.4, -0.2) is 87.0 Å². The van der Waals surface area contributed by atoms with Gasteiger partial charge in [-0.15, -0.1) is 0 Å². The first-order valence-electron chi connectivity index (χ1n) is 17.1. The molecule has 3 N–H and O–H groups in total. The smallest absolute Gasteiger partial charge is 0.165 e. The molecule has 2 aliphatic heterocycles. The second-order valence-electron chi connectivity index (χ2n) is 13.1. The van der Waals surface area contributed by atoms with E-state index in [9.17, 15) is 0 Å². The van der Waals surface area contributed by atoms with E-state index in [1.165, 1.54) is 0 Å². The summed E-state index contributed by atoms with van der Waals surface area (Å²) in [5.41, 5.74) is 8.59. The van der Waals surface area contributed by atoms with Crippen molar-refractivity contribution in [2.24, 2.45) is 0 Å². The molecule has 2 aliphatic rings. The molecule has 1 unspecified atom stereocenters. The van der Waals surface area contributed by atoms with Crippen LogP contribution in [0.3, 0.4) is 0 Å². The fourth-order valence-corrected chi connectivity index (χ4v) is 6.67. The van der Waals surface area contributed by atoms with Crippen LogP contribution in [0.25, 0.3) is 33.5 Å². The predicted molar refractivity (Wildman–Crippen MR) is 192 cm³/mol. The van der Waals surface area contributed by atoms with Crippen molar-refractivity contribution in [3.63, 3.8) is 0 Å². The molecule has 0 fully saturated rings. The molecule has 0 spiro atoms. The van der Waals surface area contributed by atoms with Crippen molar-refractivity contribution in [2.45, 2.75) is 32.8 Å². The molecule has 1 atom stereocenters. The maximum absolute atomic E-state index is 6.96. The lowest BCUT2D eigenvalue weighted by molar-refractivity contribution is 0.194. The van der Waals surface area contributed by atoms with Crippen LogP contribution in [0, 0.1) is 13.8 Å². The highest BCUT2D eigenvalue weighted by Crippen LogP contribution is 2.34. The van der Waals surface area contributed by atoms with Gasteiger partial charge in [0.05, 0.1) is 18.1 Å². The van der Waals surface area contributed by atoms with Crippen LogP contribution in [0.1, 0.15) is 35.8 Å². The lowest BCUT2D eigenvalue weighted by Crippen LogP contribution is -2.29. The predicted octanol–water partition coefficient (Wildman–Crippen LogP) is 5.37. The first kappa shape index (κ1) is 31.1. The molecule has 8 rings (SSSR count). The lowest BCUT2D eigenvalue weighted by atomic mass is 10.1. The Balaban J connectivity index is 1.24. The summed E-state index contributed by atoms with van der Waals surface area (Å²) < 4.78 is 16.9. The summed E-state index contributed by atoms with van der Waals surface area (Å²) in [5, 5.41) is 20.3. The Kier molecular flexibility index (Phi) is 8.48. The maximum atomic E-state index is 6.96. The van der Waals surface area contributed by atoms with Crippen molar-refractivity contribution < 1.29 is 9.47 Å². The quantitative estimate of drug-likeness (QED) is 0.213. The Morgan fingerprint density at radius 1 is 0.755 bits per heavy atom. The highest BCUT2D eigenvalue weighted by molar-refractivity contribution is 5.80. The van der Waals surface area contributed by atoms with Crippen LogP contribution in [0.4, 0.5) is 11.6 Å². The molecule has 0 amide bonds. The fraction of sp³-hybridized carbons (Fsp3) is 0.351. The van der Waals surface area contributed by atoms with Crippen LogP contribution in [0.2, 0.25) is 0 Å². The number of aryl methyl sites for hydroxylation is 2. The van der Waals surface area contributed by atoms with Crippen LogP contribution >= 0.6 is 0 Å². The summed E-state index contributed by atoms with van der Waals surface area (Å²) in [7, 11) is 2.14. The molecular formula is C37H42N10O2. The molecule has 0 radical (unpaired) electrons. The molecule has 12 heteroatoms. The first-order chi connectivity index (χ1) is 24.0. The topological polar surface area (TPSA) is 118 Å². The number of nitrogens with zero attached hydrogens (tertiary/aromatic N) is 7. The second-order valence-corrected chi connectivity index (χ2v) is 13.1. The van der Waals surface area contributed by atoms with Gasteiger partial charge < -0.3 is 30.3 Å². The molecule has 0 saturated carbocycles. The van der Waals surface area contributed by atoms with E-state index in [-0.39, 0.29) is 6.10 Å². The van der Waals surface area contributed by atoms with Crippen molar-refractivity contribution in [3.05, 3.63) is 83.9 Å². The Morgan fingerprint density at radius 2 is 1.49 bits per heavy atom. The zero-order chi connectivity index (χ0) is 33.3. The molecule has 252 valence electrons. The summed E-state index contributed by atoms with van der Waals surface area (Å²) in [5.74, 6) is 3.25. The van der Waals surface area contributed by atoms with Gasteiger partial charge in [0, 0.05) is 49.6 Å². The Labute approximate surface area is 285 Å². The van der Waals surface area contributed by atoms with Crippen LogP contribution < -0.4 is 25.4 Å². The van der Waals surface area contributed by atoms with Gasteiger partial charge in [-0.3, -0.25) is 0 Å². The van der Waals surface area contributed by atoms with Gasteiger partial charge >= 0.3 is 0 Å². The van der Waals surface area contributed by atoms with E-state index in [0.717, 1.165) is 119 Å². The summed E-state index contributed by atoms with van der Waals surface area (Å²) >= 11 is 0. The van der Waals surface area contributed by atoms with Crippen molar-refractivity contribution in [2.75, 3.05) is 63.6 Å². The third kappa shape index (κ3) is 6.61. The molecule has 6 heterocycles. The average molecular weight is 659 g/mol. The number of rotatable bonds is 1. The number of anilines is 2. The van der Waals surface area contributed by atoms with Gasteiger partial charge in [0.1, 0.15) is 29.7 Å². The molecule has 0 aliphatic carbocycles. The minimum Gasteiger partial charge on any atom is -0.492 e. The first-order valence-corrected chi connectivity index (χ1v) is 17.1. The number of hydrogen-bond donors (Lipinski definition) is 3. The van der Waals surface area contributed by atoms with Crippen molar-refractivity contribution in [1.29, 1.82) is 0 Å². The summed E-state index contributed by atoms with van der Waals surface area (Å²) in [6, 6.07) is 16.7. The van der Waals surface area contributed by atoms with Crippen LogP contribution in [0.15, 0.2) is 67.1 Å². The lowest BCUT2D eigenvalue weighted by Gasteiger charge is -2.22. The second kappa shape index (κ2) is 13.4. The number of nitrogens with one attached hydrogen (secondary N) is 3. The van der Waals surface area contributed by atoms with E-state index in [2.05, 4.69) is 89.3 Å². The third-order valence-electron chi connectivity index (χ3n) is 9.13. The Bertz CT molecular complexity index is 2120. The maximum Gasteiger partial charge on any atom is 0.165 e. The Hall–Kier alpha value is -5.20. The largest absolute Gasteiger partial charge is 0.492 e. The number of fused-ring (bicyclic) bond motifs is 8. The summed E-state index contributed by atoms with van der Waals surface area (Å²) in [6.45, 7) is 9.57. The molecule has 12 nitrogen and oxygen atoms in total. The molecule has 49 heavy (non-hydrogen) atoms. The molecule has 6 aromatic rings. The monoisotopic (exact) mass is 658 g/mol. The highest BCUT2D eigenvalue weighted by Gasteiger charge is 2.23. The van der Waals surface area contributed by atoms with E-state index in [1.807, 2.05) is 33.7 Å². The van der Waals surface area contributed by atoms with Crippen molar-refractivity contribution in [1.82, 2.24) is 39.4 Å². The summed E-state index contributed by atoms with van der Waals surface area (Å²) in [4.78, 5) is 12.3. The van der Waals surface area contributed by atoms with Gasteiger partial charge in [-0.05, 0) is 99.4 Å². The standard InChI is InChI=1S/C37H42N10O2/c1-24-14-26-18-28(16-24)48-13-12-45(3)10-5-9-40-35-20-32(47-37(44-35)31(26)22-42-47)33-23-38-7-4-8-39-34-6-11-46-36(43-34)30(21-41-46)27-15-25(2)17-29(19-27)49-33/h6,11,14-22,33,38H,4-5,7-10,12-13,23H2,1-3H3,(H,39,43)(H,40,44). The van der Waals surface area contributed by atoms with E-state index >= 15 is 0 Å². The number of aromatic nitrogens is 6. The van der Waals surface area contributed by atoms with E-state index in [4.69, 9.17) is 24.5 Å². The van der Waals surface area contributed by atoms with E-state index < -0.39 is 0 Å². The normalized spacial score (nSPS) is 17.7. The molecule has 0 saturated heterocycles. The minimum absolute atomic E-state index is 0.373. The SMILES string of the molecule is Cc1cc2cc(c1)-c1cnn3ccc(nc13)NCCCNCC(c1cc3nc4c(cnn14)-c1cc(C)cc(c1)OCCN(C)CCCN3)O2. The van der Waals surface area contributed by atoms with Gasteiger partial charge in [0.15, 0.2) is 17.4 Å². The number of hydrogen-bond acceptors (Lipinski definition) is 10. The van der Waals surface area contributed by atoms with Gasteiger partial charge in [0.25, 0.3) is 0 Å². The average Bonchev–Trinajstić information content (AvgIpc) is 3.71. The number of benzene rings is 2.